The maximum atomic E-state index is 10.4. The van der Waals surface area contributed by atoms with Crippen molar-refractivity contribution in [1.82, 2.24) is 0 Å². The molecule has 0 aromatic rings. The van der Waals surface area contributed by atoms with Gasteiger partial charge in [0, 0.05) is 0 Å². The summed E-state index contributed by atoms with van der Waals surface area (Å²) in [6.07, 6.45) is 0.844. The van der Waals surface area contributed by atoms with Crippen LogP contribution in [0.3, 0.4) is 0 Å². The third-order valence-electron chi connectivity index (χ3n) is 1.76. The minimum atomic E-state index is -3.08. The molecule has 6 nitrogen and oxygen atoms in total. The molecule has 15 heavy (non-hydrogen) atoms. The molecule has 0 aromatic carbocycles. The van der Waals surface area contributed by atoms with Crippen LogP contribution in [0.4, 0.5) is 0 Å². The third-order valence-corrected chi connectivity index (χ3v) is 3.64. The quantitative estimate of drug-likeness (QED) is 0.427. The van der Waals surface area contributed by atoms with Crippen molar-refractivity contribution in [1.29, 1.82) is 0 Å². The van der Waals surface area contributed by atoms with Gasteiger partial charge in [-0.05, 0) is 0 Å². The minimum absolute atomic E-state index is 0.0499. The summed E-state index contributed by atoms with van der Waals surface area (Å²) in [6.45, 7) is 2.77. The molecule has 1 aliphatic heterocycles. The molecule has 1 aliphatic rings. The summed E-state index contributed by atoms with van der Waals surface area (Å²) in [5.74, 6) is -0.347. The van der Waals surface area contributed by atoms with Crippen LogP contribution in [0.1, 0.15) is 13.3 Å². The average molecular weight is 240 g/mol. The maximum absolute atomic E-state index is 10.4. The van der Waals surface area contributed by atoms with Crippen LogP contribution in [0.15, 0.2) is 0 Å². The van der Waals surface area contributed by atoms with Crippen molar-refractivity contribution >= 4 is 13.9 Å². The number of carbonyl (C=O) groups excluding carboxylic acids is 1. The molecular formula is C8H17O6P. The van der Waals surface area contributed by atoms with E-state index in [9.17, 15) is 9.69 Å². The van der Waals surface area contributed by atoms with Crippen molar-refractivity contribution in [3.63, 3.8) is 0 Å². The molecular weight excluding hydrogens is 223 g/mol. The van der Waals surface area contributed by atoms with Crippen LogP contribution in [0.25, 0.3) is 0 Å². The van der Waals surface area contributed by atoms with E-state index in [1.54, 1.807) is 0 Å². The molecule has 0 radical (unpaired) electrons. The zero-order chi connectivity index (χ0) is 11.1. The molecule has 1 saturated heterocycles. The SMILES string of the molecule is CC(=O)OCCOC[PH]1(O)OCCCO1. The van der Waals surface area contributed by atoms with Gasteiger partial charge in [-0.3, -0.25) is 0 Å². The zero-order valence-corrected chi connectivity index (χ0v) is 9.73. The molecule has 0 bridgehead atoms. The number of hydrogen-bond acceptors (Lipinski definition) is 6. The fourth-order valence-corrected chi connectivity index (χ4v) is 2.67. The molecule has 0 aromatic heterocycles. The molecule has 0 atom stereocenters. The molecule has 90 valence electrons. The van der Waals surface area contributed by atoms with Crippen LogP contribution >= 0.6 is 7.94 Å². The number of carbonyl (C=O) groups is 1. The van der Waals surface area contributed by atoms with Crippen molar-refractivity contribution in [3.05, 3.63) is 0 Å². The van der Waals surface area contributed by atoms with Gasteiger partial charge in [-0.2, -0.15) is 0 Å². The van der Waals surface area contributed by atoms with Crippen molar-refractivity contribution < 1.29 is 28.2 Å². The molecule has 0 saturated carbocycles. The van der Waals surface area contributed by atoms with Crippen LogP contribution in [-0.2, 0) is 23.3 Å². The van der Waals surface area contributed by atoms with Gasteiger partial charge in [0.05, 0.1) is 0 Å². The van der Waals surface area contributed by atoms with Crippen LogP contribution in [0.5, 0.6) is 0 Å². The molecule has 0 spiro atoms. The van der Waals surface area contributed by atoms with Gasteiger partial charge in [0.15, 0.2) is 0 Å². The molecule has 1 heterocycles. The van der Waals surface area contributed by atoms with Crippen molar-refractivity contribution in [2.24, 2.45) is 0 Å². The first-order valence-electron chi connectivity index (χ1n) is 4.84. The van der Waals surface area contributed by atoms with Gasteiger partial charge in [0.2, 0.25) is 0 Å². The van der Waals surface area contributed by atoms with E-state index in [0.29, 0.717) is 13.2 Å². The second-order valence-electron chi connectivity index (χ2n) is 3.16. The normalized spacial score (nSPS) is 22.0. The Labute approximate surface area is 89.0 Å². The van der Waals surface area contributed by atoms with Gasteiger partial charge in [-0.25, -0.2) is 0 Å². The molecule has 0 aliphatic carbocycles. The van der Waals surface area contributed by atoms with E-state index in [0.717, 1.165) is 6.42 Å². The van der Waals surface area contributed by atoms with Crippen LogP contribution in [0.2, 0.25) is 0 Å². The number of rotatable bonds is 5. The van der Waals surface area contributed by atoms with E-state index < -0.39 is 7.94 Å². The Bertz CT molecular complexity index is 203. The first-order chi connectivity index (χ1) is 7.12. The van der Waals surface area contributed by atoms with E-state index in [1.807, 2.05) is 0 Å². The third kappa shape index (κ3) is 5.39. The molecule has 0 amide bonds. The fourth-order valence-electron chi connectivity index (χ4n) is 1.09. The van der Waals surface area contributed by atoms with Crippen molar-refractivity contribution in [2.45, 2.75) is 13.3 Å². The van der Waals surface area contributed by atoms with E-state index in [-0.39, 0.29) is 25.5 Å². The van der Waals surface area contributed by atoms with Crippen molar-refractivity contribution in [3.8, 4) is 0 Å². The zero-order valence-electron chi connectivity index (χ0n) is 8.73. The predicted octanol–water partition coefficient (Wildman–Crippen LogP) is 0.448. The Morgan fingerprint density at radius 2 is 2.07 bits per heavy atom. The van der Waals surface area contributed by atoms with Gasteiger partial charge < -0.3 is 0 Å². The van der Waals surface area contributed by atoms with E-state index in [2.05, 4.69) is 4.74 Å². The summed E-state index contributed by atoms with van der Waals surface area (Å²) < 4.78 is 20.0. The predicted molar refractivity (Wildman–Crippen MR) is 54.5 cm³/mol. The van der Waals surface area contributed by atoms with Crippen LogP contribution in [0, 0.1) is 0 Å². The van der Waals surface area contributed by atoms with Crippen LogP contribution < -0.4 is 0 Å². The standard InChI is InChI=1S/C8H17O6P/c1-8(9)12-6-5-11-7-15(10)13-3-2-4-14-15/h10,15H,2-7H2,1H3. The molecule has 1 N–H and O–H groups in total. The summed E-state index contributed by atoms with van der Waals surface area (Å²) in [5, 5.41) is 0. The Morgan fingerprint density at radius 3 is 2.67 bits per heavy atom. The number of esters is 1. The Morgan fingerprint density at radius 1 is 1.40 bits per heavy atom. The van der Waals surface area contributed by atoms with Gasteiger partial charge in [-0.1, -0.05) is 0 Å². The second-order valence-corrected chi connectivity index (χ2v) is 5.45. The second kappa shape index (κ2) is 6.35. The first-order valence-corrected chi connectivity index (χ1v) is 6.81. The molecule has 1 rings (SSSR count). The Kier molecular flexibility index (Phi) is 5.42. The Hall–Kier alpha value is -0.260. The average Bonchev–Trinajstić information content (AvgIpc) is 2.17. The summed E-state index contributed by atoms with van der Waals surface area (Å²) in [5.41, 5.74) is 0. The van der Waals surface area contributed by atoms with Gasteiger partial charge in [0.25, 0.3) is 0 Å². The topological polar surface area (TPSA) is 74.2 Å². The number of ether oxygens (including phenoxy) is 2. The molecule has 0 unspecified atom stereocenters. The summed E-state index contributed by atoms with van der Waals surface area (Å²) in [6, 6.07) is 0. The summed E-state index contributed by atoms with van der Waals surface area (Å²) in [7, 11) is -3.08. The van der Waals surface area contributed by atoms with Crippen molar-refractivity contribution in [2.75, 3.05) is 32.8 Å². The molecule has 1 fully saturated rings. The molecule has 7 heteroatoms. The van der Waals surface area contributed by atoms with Gasteiger partial charge in [0.1, 0.15) is 0 Å². The van der Waals surface area contributed by atoms with Gasteiger partial charge >= 0.3 is 88.2 Å². The monoisotopic (exact) mass is 240 g/mol. The Balaban J connectivity index is 2.05. The summed E-state index contributed by atoms with van der Waals surface area (Å²) >= 11 is 0. The fraction of sp³-hybridized carbons (Fsp3) is 0.875. The van der Waals surface area contributed by atoms with E-state index >= 15 is 0 Å². The van der Waals surface area contributed by atoms with Crippen LogP contribution in [-0.4, -0.2) is 43.6 Å². The van der Waals surface area contributed by atoms with Gasteiger partial charge in [-0.15, -0.1) is 0 Å². The first kappa shape index (κ1) is 12.8. The van der Waals surface area contributed by atoms with E-state index in [1.165, 1.54) is 6.92 Å². The summed E-state index contributed by atoms with van der Waals surface area (Å²) in [4.78, 5) is 20.1. The van der Waals surface area contributed by atoms with E-state index in [4.69, 9.17) is 13.8 Å². The number of hydrogen-bond donors (Lipinski definition) is 1.